The fraction of sp³-hybridized carbons (Fsp3) is 0.222. The number of carbonyl (C=O) groups excluding carboxylic acids is 1. The van der Waals surface area contributed by atoms with E-state index in [9.17, 15) is 13.6 Å². The third-order valence-corrected chi connectivity index (χ3v) is 2.30. The molecule has 0 saturated heterocycles. The molecular formula is C9H8BrF2NO. The number of carbonyl (C=O) groups is 1. The van der Waals surface area contributed by atoms with E-state index in [4.69, 9.17) is 0 Å². The quantitative estimate of drug-likeness (QED) is 0.713. The van der Waals surface area contributed by atoms with Crippen LogP contribution in [-0.2, 0) is 0 Å². The Balaban J connectivity index is 3.22. The van der Waals surface area contributed by atoms with Crippen LogP contribution in [0, 0.1) is 11.6 Å². The van der Waals surface area contributed by atoms with Crippen LogP contribution in [0.2, 0.25) is 0 Å². The van der Waals surface area contributed by atoms with Crippen LogP contribution in [0.1, 0.15) is 10.4 Å². The summed E-state index contributed by atoms with van der Waals surface area (Å²) in [6.45, 7) is 0. The van der Waals surface area contributed by atoms with Crippen LogP contribution in [0.25, 0.3) is 0 Å². The Kier molecular flexibility index (Phi) is 3.21. The monoisotopic (exact) mass is 263 g/mol. The third kappa shape index (κ3) is 2.09. The van der Waals surface area contributed by atoms with Gasteiger partial charge in [0.25, 0.3) is 5.91 Å². The van der Waals surface area contributed by atoms with E-state index < -0.39 is 11.6 Å². The molecular weight excluding hydrogens is 256 g/mol. The highest BCUT2D eigenvalue weighted by molar-refractivity contribution is 9.10. The van der Waals surface area contributed by atoms with Crippen LogP contribution >= 0.6 is 15.9 Å². The standard InChI is InChI=1S/C9H8BrF2NO/c1-13(2)9(14)5-3-7(11)8(12)4-6(5)10/h3-4H,1-2H3. The summed E-state index contributed by atoms with van der Waals surface area (Å²) in [5, 5.41) is 0. The van der Waals surface area contributed by atoms with Gasteiger partial charge in [0.1, 0.15) is 0 Å². The van der Waals surface area contributed by atoms with E-state index in [1.54, 1.807) is 0 Å². The number of halogens is 3. The summed E-state index contributed by atoms with van der Waals surface area (Å²) in [7, 11) is 3.08. The van der Waals surface area contributed by atoms with Crippen molar-refractivity contribution in [1.82, 2.24) is 4.90 Å². The van der Waals surface area contributed by atoms with Gasteiger partial charge in [-0.05, 0) is 28.1 Å². The zero-order valence-corrected chi connectivity index (χ0v) is 9.23. The molecule has 1 aromatic rings. The van der Waals surface area contributed by atoms with Crippen molar-refractivity contribution in [1.29, 1.82) is 0 Å². The molecule has 76 valence electrons. The molecule has 0 bridgehead atoms. The molecule has 0 N–H and O–H groups in total. The molecule has 14 heavy (non-hydrogen) atoms. The van der Waals surface area contributed by atoms with Gasteiger partial charge in [0.15, 0.2) is 11.6 Å². The number of hydrogen-bond donors (Lipinski definition) is 0. The van der Waals surface area contributed by atoms with Gasteiger partial charge in [-0.3, -0.25) is 4.79 Å². The predicted octanol–water partition coefficient (Wildman–Crippen LogP) is 2.43. The van der Waals surface area contributed by atoms with Crippen LogP contribution in [0.15, 0.2) is 16.6 Å². The van der Waals surface area contributed by atoms with E-state index in [-0.39, 0.29) is 15.9 Å². The Labute approximate surface area is 88.6 Å². The molecule has 0 aliphatic heterocycles. The average molecular weight is 264 g/mol. The Morgan fingerprint density at radius 1 is 1.29 bits per heavy atom. The lowest BCUT2D eigenvalue weighted by molar-refractivity contribution is 0.0826. The Morgan fingerprint density at radius 2 is 1.79 bits per heavy atom. The molecule has 0 radical (unpaired) electrons. The average Bonchev–Trinajstić information content (AvgIpc) is 2.10. The first-order valence-electron chi connectivity index (χ1n) is 3.79. The minimum atomic E-state index is -1.03. The molecule has 2 nitrogen and oxygen atoms in total. The van der Waals surface area contributed by atoms with Crippen LogP contribution in [0.5, 0.6) is 0 Å². The second kappa shape index (κ2) is 4.04. The summed E-state index contributed by atoms with van der Waals surface area (Å²) in [5.74, 6) is -2.39. The molecule has 0 saturated carbocycles. The van der Waals surface area contributed by atoms with E-state index in [0.29, 0.717) is 0 Å². The van der Waals surface area contributed by atoms with Crippen molar-refractivity contribution in [2.75, 3.05) is 14.1 Å². The van der Waals surface area contributed by atoms with E-state index >= 15 is 0 Å². The summed E-state index contributed by atoms with van der Waals surface area (Å²) >= 11 is 3.00. The van der Waals surface area contributed by atoms with Crippen LogP contribution in [0.3, 0.4) is 0 Å². The number of benzene rings is 1. The number of nitrogens with zero attached hydrogens (tertiary/aromatic N) is 1. The smallest absolute Gasteiger partial charge is 0.254 e. The van der Waals surface area contributed by atoms with Gasteiger partial charge in [-0.15, -0.1) is 0 Å². The Hall–Kier alpha value is -0.970. The van der Waals surface area contributed by atoms with Crippen molar-refractivity contribution in [3.63, 3.8) is 0 Å². The van der Waals surface area contributed by atoms with Crippen LogP contribution in [-0.4, -0.2) is 24.9 Å². The molecule has 0 aliphatic carbocycles. The number of amides is 1. The molecule has 0 spiro atoms. The Bertz CT molecular complexity index is 379. The van der Waals surface area contributed by atoms with Gasteiger partial charge in [0.05, 0.1) is 5.56 Å². The van der Waals surface area contributed by atoms with Crippen molar-refractivity contribution in [3.05, 3.63) is 33.8 Å². The summed E-state index contributed by atoms with van der Waals surface area (Å²) in [5.41, 5.74) is 0.105. The maximum atomic E-state index is 12.8. The molecule has 0 heterocycles. The lowest BCUT2D eigenvalue weighted by Gasteiger charge is -2.11. The first-order valence-corrected chi connectivity index (χ1v) is 4.59. The van der Waals surface area contributed by atoms with Gasteiger partial charge < -0.3 is 4.90 Å². The fourth-order valence-corrected chi connectivity index (χ4v) is 1.41. The van der Waals surface area contributed by atoms with Crippen molar-refractivity contribution in [2.24, 2.45) is 0 Å². The van der Waals surface area contributed by atoms with Gasteiger partial charge in [-0.2, -0.15) is 0 Å². The number of rotatable bonds is 1. The molecule has 0 aromatic heterocycles. The minimum absolute atomic E-state index is 0.105. The zero-order valence-electron chi connectivity index (χ0n) is 7.64. The van der Waals surface area contributed by atoms with Gasteiger partial charge in [-0.1, -0.05) is 0 Å². The normalized spacial score (nSPS) is 10.1. The largest absolute Gasteiger partial charge is 0.345 e. The third-order valence-electron chi connectivity index (χ3n) is 1.65. The molecule has 1 aromatic carbocycles. The van der Waals surface area contributed by atoms with Gasteiger partial charge in [0.2, 0.25) is 0 Å². The van der Waals surface area contributed by atoms with E-state index in [0.717, 1.165) is 12.1 Å². The van der Waals surface area contributed by atoms with Crippen molar-refractivity contribution >= 4 is 21.8 Å². The zero-order chi connectivity index (χ0) is 10.9. The highest BCUT2D eigenvalue weighted by Gasteiger charge is 2.15. The SMILES string of the molecule is CN(C)C(=O)c1cc(F)c(F)cc1Br. The molecule has 0 atom stereocenters. The maximum Gasteiger partial charge on any atom is 0.254 e. The summed E-state index contributed by atoms with van der Waals surface area (Å²) < 4.78 is 25.8. The second-order valence-corrected chi connectivity index (χ2v) is 3.80. The summed E-state index contributed by atoms with van der Waals surface area (Å²) in [6, 6.07) is 1.81. The molecule has 0 fully saturated rings. The highest BCUT2D eigenvalue weighted by atomic mass is 79.9. The molecule has 1 rings (SSSR count). The first kappa shape index (κ1) is 11.1. The van der Waals surface area contributed by atoms with Gasteiger partial charge in [-0.25, -0.2) is 8.78 Å². The predicted molar refractivity (Wildman–Crippen MR) is 52.1 cm³/mol. The van der Waals surface area contributed by atoms with Crippen LogP contribution < -0.4 is 0 Å². The molecule has 0 unspecified atom stereocenters. The second-order valence-electron chi connectivity index (χ2n) is 2.95. The minimum Gasteiger partial charge on any atom is -0.345 e. The lowest BCUT2D eigenvalue weighted by atomic mass is 10.2. The first-order chi connectivity index (χ1) is 6.43. The van der Waals surface area contributed by atoms with Gasteiger partial charge >= 0.3 is 0 Å². The fourth-order valence-electron chi connectivity index (χ4n) is 0.927. The topological polar surface area (TPSA) is 20.3 Å². The lowest BCUT2D eigenvalue weighted by Crippen LogP contribution is -2.22. The van der Waals surface area contributed by atoms with E-state index in [1.165, 1.54) is 19.0 Å². The van der Waals surface area contributed by atoms with Gasteiger partial charge in [0, 0.05) is 18.6 Å². The Morgan fingerprint density at radius 3 is 2.29 bits per heavy atom. The molecule has 0 aliphatic rings. The molecule has 5 heteroatoms. The number of hydrogen-bond acceptors (Lipinski definition) is 1. The van der Waals surface area contributed by atoms with Crippen LogP contribution in [0.4, 0.5) is 8.78 Å². The summed E-state index contributed by atoms with van der Waals surface area (Å²) in [4.78, 5) is 12.7. The maximum absolute atomic E-state index is 12.8. The van der Waals surface area contributed by atoms with E-state index in [1.807, 2.05) is 0 Å². The highest BCUT2D eigenvalue weighted by Crippen LogP contribution is 2.21. The van der Waals surface area contributed by atoms with Crippen molar-refractivity contribution in [2.45, 2.75) is 0 Å². The van der Waals surface area contributed by atoms with Crippen molar-refractivity contribution in [3.8, 4) is 0 Å². The summed E-state index contributed by atoms with van der Waals surface area (Å²) in [6.07, 6.45) is 0. The van der Waals surface area contributed by atoms with E-state index in [2.05, 4.69) is 15.9 Å². The van der Waals surface area contributed by atoms with Crippen molar-refractivity contribution < 1.29 is 13.6 Å². The molecule has 1 amide bonds.